The zero-order chi connectivity index (χ0) is 24.4. The Kier molecular flexibility index (Phi) is 4.90. The van der Waals surface area contributed by atoms with Crippen LogP contribution in [0.25, 0.3) is 0 Å². The molecule has 5 saturated carbocycles. The van der Waals surface area contributed by atoms with Gasteiger partial charge in [0.1, 0.15) is 11.6 Å². The third-order valence-corrected chi connectivity index (χ3v) is 13.4. The average molecular weight is 457 g/mol. The molecule has 0 heterocycles. The Morgan fingerprint density at radius 3 is 2.09 bits per heavy atom. The van der Waals surface area contributed by atoms with Crippen LogP contribution in [0.1, 0.15) is 113 Å². The fraction of sp³-hybridized carbons (Fsp3) is 0.933. The van der Waals surface area contributed by atoms with Crippen molar-refractivity contribution in [3.63, 3.8) is 0 Å². The van der Waals surface area contributed by atoms with Crippen molar-refractivity contribution in [2.24, 2.45) is 56.2 Å². The second-order valence-electron chi connectivity index (χ2n) is 15.4. The Morgan fingerprint density at radius 2 is 1.42 bits per heavy atom. The van der Waals surface area contributed by atoms with Gasteiger partial charge in [-0.3, -0.25) is 9.59 Å². The summed E-state index contributed by atoms with van der Waals surface area (Å²) >= 11 is 0. The van der Waals surface area contributed by atoms with E-state index in [1.807, 2.05) is 0 Å². The van der Waals surface area contributed by atoms with Gasteiger partial charge in [-0.05, 0) is 83.9 Å². The Morgan fingerprint density at radius 1 is 0.788 bits per heavy atom. The summed E-state index contributed by atoms with van der Waals surface area (Å²) in [6, 6.07) is 0. The van der Waals surface area contributed by atoms with Crippen molar-refractivity contribution in [3.8, 4) is 0 Å². The lowest BCUT2D eigenvalue weighted by Crippen LogP contribution is -2.73. The van der Waals surface area contributed by atoms with Crippen molar-refractivity contribution >= 4 is 11.6 Å². The van der Waals surface area contributed by atoms with Crippen LogP contribution in [0.5, 0.6) is 0 Å². The van der Waals surface area contributed by atoms with E-state index >= 15 is 0 Å². The minimum absolute atomic E-state index is 0.00790. The maximum atomic E-state index is 14.2. The van der Waals surface area contributed by atoms with Gasteiger partial charge >= 0.3 is 0 Å². The molecule has 1 N–H and O–H groups in total. The quantitative estimate of drug-likeness (QED) is 0.446. The van der Waals surface area contributed by atoms with Crippen molar-refractivity contribution in [1.29, 1.82) is 0 Å². The third kappa shape index (κ3) is 2.78. The maximum absolute atomic E-state index is 14.2. The number of rotatable bonds is 0. The fourth-order valence-electron chi connectivity index (χ4n) is 11.1. The predicted molar refractivity (Wildman–Crippen MR) is 132 cm³/mol. The van der Waals surface area contributed by atoms with Crippen molar-refractivity contribution < 1.29 is 14.7 Å². The van der Waals surface area contributed by atoms with Crippen LogP contribution in [0.3, 0.4) is 0 Å². The monoisotopic (exact) mass is 456 g/mol. The van der Waals surface area contributed by atoms with Gasteiger partial charge in [0.25, 0.3) is 0 Å². The minimum Gasteiger partial charge on any atom is -0.393 e. The number of fused-ring (bicyclic) bond motifs is 7. The molecular weight excluding hydrogens is 408 g/mol. The van der Waals surface area contributed by atoms with Gasteiger partial charge in [0, 0.05) is 30.1 Å². The van der Waals surface area contributed by atoms with Crippen LogP contribution in [0.4, 0.5) is 0 Å². The standard InChI is InChI=1S/C30H48O3/c1-18-19(31)9-10-21-27(18,5)15-20(32)24-28(21,6)17-23(33)30(8)22-16-25(2,3)11-12-26(22,4)13-14-29(24,30)7/h18,21-24,33H,9-17H2,1-8H3/t18-,21+,22+,23?,24-,26+,27+,28-,29+,30+/m0/s1. The summed E-state index contributed by atoms with van der Waals surface area (Å²) in [5.74, 6) is 1.41. The summed E-state index contributed by atoms with van der Waals surface area (Å²) < 4.78 is 0. The molecule has 0 radical (unpaired) electrons. The van der Waals surface area contributed by atoms with E-state index in [4.69, 9.17) is 0 Å². The van der Waals surface area contributed by atoms with Crippen LogP contribution in [0, 0.1) is 56.2 Å². The van der Waals surface area contributed by atoms with Crippen LogP contribution < -0.4 is 0 Å². The number of carbonyl (C=O) groups excluding carboxylic acids is 2. The lowest BCUT2D eigenvalue weighted by atomic mass is 9.29. The van der Waals surface area contributed by atoms with Crippen LogP contribution >= 0.6 is 0 Å². The molecule has 5 fully saturated rings. The number of hydrogen-bond acceptors (Lipinski definition) is 3. The zero-order valence-corrected chi connectivity index (χ0v) is 22.5. The lowest BCUT2D eigenvalue weighted by Gasteiger charge is -2.75. The number of hydrogen-bond donors (Lipinski definition) is 1. The third-order valence-electron chi connectivity index (χ3n) is 13.4. The smallest absolute Gasteiger partial charge is 0.137 e. The van der Waals surface area contributed by atoms with Gasteiger partial charge in [-0.25, -0.2) is 0 Å². The largest absolute Gasteiger partial charge is 0.393 e. The second-order valence-corrected chi connectivity index (χ2v) is 15.4. The summed E-state index contributed by atoms with van der Waals surface area (Å²) in [6.45, 7) is 18.6. The molecule has 0 amide bonds. The molecule has 3 nitrogen and oxygen atoms in total. The molecular formula is C30H48O3. The van der Waals surface area contributed by atoms with E-state index in [0.717, 1.165) is 19.3 Å². The number of Topliss-reactive ketones (excluding diaryl/α,β-unsaturated/α-hetero) is 2. The van der Waals surface area contributed by atoms with Gasteiger partial charge in [0.15, 0.2) is 0 Å². The van der Waals surface area contributed by atoms with E-state index in [9.17, 15) is 14.7 Å². The topological polar surface area (TPSA) is 54.4 Å². The van der Waals surface area contributed by atoms with E-state index in [1.165, 1.54) is 19.3 Å². The van der Waals surface area contributed by atoms with Gasteiger partial charge in [-0.15, -0.1) is 0 Å². The molecule has 0 aromatic heterocycles. The first-order chi connectivity index (χ1) is 15.1. The number of aliphatic hydroxyl groups excluding tert-OH is 1. The fourth-order valence-corrected chi connectivity index (χ4v) is 11.1. The van der Waals surface area contributed by atoms with Gasteiger partial charge in [0.05, 0.1) is 6.10 Å². The molecule has 0 aromatic rings. The zero-order valence-electron chi connectivity index (χ0n) is 22.5. The highest BCUT2D eigenvalue weighted by atomic mass is 16.3. The highest BCUT2D eigenvalue weighted by molar-refractivity contribution is 5.88. The van der Waals surface area contributed by atoms with Crippen LogP contribution in [-0.4, -0.2) is 22.8 Å². The summed E-state index contributed by atoms with van der Waals surface area (Å²) in [5, 5.41) is 12.2. The number of ketones is 2. The molecule has 0 bridgehead atoms. The Hall–Kier alpha value is -0.700. The van der Waals surface area contributed by atoms with Crippen molar-refractivity contribution in [2.75, 3.05) is 0 Å². The highest BCUT2D eigenvalue weighted by Gasteiger charge is 2.75. The van der Waals surface area contributed by atoms with E-state index in [1.54, 1.807) is 0 Å². The average Bonchev–Trinajstić information content (AvgIpc) is 2.69. The molecule has 5 rings (SSSR count). The van der Waals surface area contributed by atoms with E-state index in [2.05, 4.69) is 55.4 Å². The molecule has 5 aliphatic carbocycles. The van der Waals surface area contributed by atoms with Gasteiger partial charge in [0.2, 0.25) is 0 Å². The van der Waals surface area contributed by atoms with Crippen molar-refractivity contribution in [2.45, 2.75) is 119 Å². The first-order valence-corrected chi connectivity index (χ1v) is 13.8. The summed E-state index contributed by atoms with van der Waals surface area (Å²) in [7, 11) is 0. The molecule has 186 valence electrons. The normalized spacial score (nSPS) is 58.0. The molecule has 3 heteroatoms. The van der Waals surface area contributed by atoms with Crippen LogP contribution in [0.15, 0.2) is 0 Å². The summed E-state index contributed by atoms with van der Waals surface area (Å²) in [5.41, 5.74) is -0.389. The SMILES string of the molecule is C[C@H]1C(=O)CC[C@@H]2[C@]1(C)CC(=O)[C@H]1[C@@]2(C)CC(O)[C@@]2(C)[C@@H]3CC(C)(C)CC[C@]3(C)CC[C@]12C. The molecule has 0 aromatic carbocycles. The highest BCUT2D eigenvalue weighted by Crippen LogP contribution is 2.77. The van der Waals surface area contributed by atoms with Gasteiger partial charge < -0.3 is 5.11 Å². The first-order valence-electron chi connectivity index (χ1n) is 13.8. The first kappa shape index (κ1) is 24.0. The molecule has 0 aliphatic heterocycles. The van der Waals surface area contributed by atoms with Gasteiger partial charge in [-0.1, -0.05) is 55.4 Å². The maximum Gasteiger partial charge on any atom is 0.137 e. The van der Waals surface area contributed by atoms with Crippen LogP contribution in [-0.2, 0) is 9.59 Å². The molecule has 1 unspecified atom stereocenters. The summed E-state index contributed by atoms with van der Waals surface area (Å²) in [4.78, 5) is 27.0. The molecule has 0 spiro atoms. The predicted octanol–water partition coefficient (Wildman–Crippen LogP) is 6.61. The summed E-state index contributed by atoms with van der Waals surface area (Å²) in [6.07, 6.45) is 8.23. The van der Waals surface area contributed by atoms with Crippen molar-refractivity contribution in [3.05, 3.63) is 0 Å². The van der Waals surface area contributed by atoms with E-state index in [-0.39, 0.29) is 38.9 Å². The van der Waals surface area contributed by atoms with Crippen molar-refractivity contribution in [1.82, 2.24) is 0 Å². The Balaban J connectivity index is 1.64. The number of aliphatic hydroxyl groups is 1. The Bertz CT molecular complexity index is 891. The Labute approximate surface area is 201 Å². The lowest BCUT2D eigenvalue weighted by molar-refractivity contribution is -0.281. The molecule has 10 atom stereocenters. The van der Waals surface area contributed by atoms with Crippen LogP contribution in [0.2, 0.25) is 0 Å². The molecule has 5 aliphatic rings. The van der Waals surface area contributed by atoms with E-state index in [0.29, 0.717) is 48.1 Å². The second kappa shape index (κ2) is 6.74. The molecule has 0 saturated heterocycles. The molecule has 33 heavy (non-hydrogen) atoms. The van der Waals surface area contributed by atoms with Gasteiger partial charge in [-0.2, -0.15) is 0 Å². The minimum atomic E-state index is -0.398. The number of carbonyl (C=O) groups is 2. The van der Waals surface area contributed by atoms with E-state index < -0.39 is 6.10 Å².